The molecule has 0 spiro atoms. The first-order valence-corrected chi connectivity index (χ1v) is 22.7. The molecular formula is C52H52IrN2OSi-2. The maximum atomic E-state index is 8.91. The number of pyridine rings is 2. The monoisotopic (exact) mass is 946 g/mol. The van der Waals surface area contributed by atoms with E-state index in [-0.39, 0.29) is 20.1 Å². The molecule has 0 fully saturated rings. The van der Waals surface area contributed by atoms with Gasteiger partial charge in [-0.05, 0) is 63.4 Å². The number of aromatic nitrogens is 2. The summed E-state index contributed by atoms with van der Waals surface area (Å²) in [6.07, 6.45) is 0.452. The van der Waals surface area contributed by atoms with Crippen molar-refractivity contribution in [3.05, 3.63) is 174 Å². The van der Waals surface area contributed by atoms with Crippen LogP contribution in [0.5, 0.6) is 0 Å². The predicted octanol–water partition coefficient (Wildman–Crippen LogP) is 13.5. The smallest absolute Gasteiger partial charge is 0.125 e. The van der Waals surface area contributed by atoms with Gasteiger partial charge in [-0.25, -0.2) is 0 Å². The standard InChI is InChI=1S/C31H30NO.C21H22NSi.Ir/c1-20(2)29-24(22-9-7-6-8-10-22)12-13-25-26-18-23(11-14-28(26)33-30(25)29)27-17-21(15-16-32-27)19-31(3,4)5;1-23(2,3)21-16-22-20(18-12-8-5-9-13-18)15-19(21)14-17-10-6-4-7-11-17;/h6-10,12-18,20H,19H2,1-5H3;4-12,15-16H,14H2,1-3H3;/q2*-1;/i19D2,20D;14D2;. The average Bonchev–Trinajstić information content (AvgIpc) is 3.61. The molecule has 57 heavy (non-hydrogen) atoms. The summed E-state index contributed by atoms with van der Waals surface area (Å²) >= 11 is 0. The molecule has 0 saturated carbocycles. The van der Waals surface area contributed by atoms with Crippen molar-refractivity contribution in [3.63, 3.8) is 0 Å². The van der Waals surface area contributed by atoms with E-state index in [2.05, 4.69) is 66.0 Å². The molecule has 0 aliphatic rings. The minimum atomic E-state index is -1.76. The Morgan fingerprint density at radius 2 is 1.46 bits per heavy atom. The molecule has 3 heterocycles. The number of fused-ring (bicyclic) bond motifs is 3. The van der Waals surface area contributed by atoms with Gasteiger partial charge < -0.3 is 14.4 Å². The largest absolute Gasteiger partial charge is 0.500 e. The summed E-state index contributed by atoms with van der Waals surface area (Å²) in [7, 11) is -1.76. The molecule has 0 atom stereocenters. The summed E-state index contributed by atoms with van der Waals surface area (Å²) in [5.74, 6) is -0.875. The number of nitrogens with zero attached hydrogens (tertiary/aromatic N) is 2. The zero-order chi connectivity index (χ0) is 44.0. The van der Waals surface area contributed by atoms with Crippen LogP contribution in [-0.4, -0.2) is 18.0 Å². The molecule has 0 aliphatic carbocycles. The van der Waals surface area contributed by atoms with Gasteiger partial charge in [-0.15, -0.1) is 59.7 Å². The summed E-state index contributed by atoms with van der Waals surface area (Å²) in [4.78, 5) is 9.15. The maximum Gasteiger partial charge on any atom is 0.125 e. The number of furan rings is 1. The Kier molecular flexibility index (Phi) is 10.9. The molecule has 8 rings (SSSR count). The molecule has 0 unspecified atom stereocenters. The molecule has 3 aromatic heterocycles. The molecule has 5 aromatic carbocycles. The Labute approximate surface area is 361 Å². The van der Waals surface area contributed by atoms with Crippen molar-refractivity contribution in [1.82, 2.24) is 9.97 Å². The summed E-state index contributed by atoms with van der Waals surface area (Å²) in [6, 6.07) is 47.1. The van der Waals surface area contributed by atoms with Crippen LogP contribution in [0.15, 0.2) is 144 Å². The van der Waals surface area contributed by atoms with Crippen LogP contribution in [0.3, 0.4) is 0 Å². The first-order chi connectivity index (χ1) is 28.7. The van der Waals surface area contributed by atoms with Crippen molar-refractivity contribution in [2.45, 2.75) is 72.9 Å². The van der Waals surface area contributed by atoms with E-state index in [1.165, 1.54) is 0 Å². The van der Waals surface area contributed by atoms with Gasteiger partial charge in [-0.2, -0.15) is 0 Å². The van der Waals surface area contributed by atoms with Crippen molar-refractivity contribution in [3.8, 4) is 33.6 Å². The third kappa shape index (κ3) is 9.97. The predicted molar refractivity (Wildman–Crippen MR) is 239 cm³/mol. The molecule has 0 amide bonds. The van der Waals surface area contributed by atoms with Crippen LogP contribution in [0, 0.1) is 17.5 Å². The zero-order valence-corrected chi connectivity index (χ0v) is 37.3. The van der Waals surface area contributed by atoms with Gasteiger partial charge in [0.25, 0.3) is 0 Å². The van der Waals surface area contributed by atoms with E-state index < -0.39 is 32.1 Å². The Balaban J connectivity index is 0.000000217. The SMILES string of the molecule is [2H]C(C)(C)c1c(-c2ccccc2)ccc2c1oc1c[c-]c(-c3cc(C([2H])([2H])C(C)(C)C)ccn3)cc12.[2H]C([2H])(c1ccccc1)c1cc(-c2[c-]cccc2)ncc1[Si](C)(C)C.[Ir]. The van der Waals surface area contributed by atoms with E-state index in [0.29, 0.717) is 28.0 Å². The summed E-state index contributed by atoms with van der Waals surface area (Å²) in [5, 5.41) is 2.92. The van der Waals surface area contributed by atoms with Crippen molar-refractivity contribution >= 4 is 35.2 Å². The zero-order valence-electron chi connectivity index (χ0n) is 38.9. The summed E-state index contributed by atoms with van der Waals surface area (Å²) in [5.41, 5.74) is 8.81. The van der Waals surface area contributed by atoms with Crippen LogP contribution >= 0.6 is 0 Å². The summed E-state index contributed by atoms with van der Waals surface area (Å²) < 4.78 is 50.3. The molecule has 0 bridgehead atoms. The topological polar surface area (TPSA) is 38.9 Å². The van der Waals surface area contributed by atoms with Gasteiger partial charge in [0.05, 0.1) is 13.7 Å². The summed E-state index contributed by atoms with van der Waals surface area (Å²) in [6.45, 7) is 16.2. The van der Waals surface area contributed by atoms with Crippen molar-refractivity contribution in [2.75, 3.05) is 0 Å². The third-order valence-corrected chi connectivity index (χ3v) is 11.5. The van der Waals surface area contributed by atoms with Crippen LogP contribution in [-0.2, 0) is 32.9 Å². The minimum Gasteiger partial charge on any atom is -0.500 e. The van der Waals surface area contributed by atoms with E-state index in [1.807, 2.05) is 138 Å². The second kappa shape index (κ2) is 17.7. The van der Waals surface area contributed by atoms with E-state index in [0.717, 1.165) is 55.0 Å². The molecule has 0 aliphatic heterocycles. The Morgan fingerprint density at radius 1 is 0.754 bits per heavy atom. The molecule has 1 radical (unpaired) electrons. The van der Waals surface area contributed by atoms with E-state index in [1.54, 1.807) is 12.3 Å². The minimum absolute atomic E-state index is 0. The van der Waals surface area contributed by atoms with Gasteiger partial charge in [-0.1, -0.05) is 156 Å². The van der Waals surface area contributed by atoms with Gasteiger partial charge >= 0.3 is 0 Å². The third-order valence-electron chi connectivity index (χ3n) is 9.46. The number of hydrogen-bond donors (Lipinski definition) is 0. The fourth-order valence-corrected chi connectivity index (χ4v) is 8.30. The van der Waals surface area contributed by atoms with Crippen molar-refractivity contribution in [2.24, 2.45) is 5.41 Å². The molecule has 0 N–H and O–H groups in total. The second-order valence-corrected chi connectivity index (χ2v) is 21.4. The van der Waals surface area contributed by atoms with Crippen LogP contribution in [0.1, 0.15) is 69.6 Å². The van der Waals surface area contributed by atoms with E-state index >= 15 is 0 Å². The maximum absolute atomic E-state index is 8.91. The van der Waals surface area contributed by atoms with Crippen LogP contribution in [0.2, 0.25) is 19.6 Å². The van der Waals surface area contributed by atoms with Crippen molar-refractivity contribution in [1.29, 1.82) is 0 Å². The fourth-order valence-electron chi connectivity index (χ4n) is 6.91. The molecule has 8 aromatic rings. The number of hydrogen-bond acceptors (Lipinski definition) is 3. The Hall–Kier alpha value is -4.93. The quantitative estimate of drug-likeness (QED) is 0.113. The molecular weight excluding hydrogens is 889 g/mol. The Bertz CT molecular complexity index is 2810. The fraction of sp³-hybridized carbons (Fsp3) is 0.231. The average molecular weight is 946 g/mol. The number of benzene rings is 5. The number of rotatable bonds is 8. The van der Waals surface area contributed by atoms with Crippen molar-refractivity contribution < 1.29 is 31.4 Å². The van der Waals surface area contributed by atoms with Gasteiger partial charge in [0.15, 0.2) is 0 Å². The van der Waals surface area contributed by atoms with Gasteiger partial charge in [-0.3, -0.25) is 0 Å². The van der Waals surface area contributed by atoms with E-state index in [4.69, 9.17) is 11.3 Å². The molecule has 291 valence electrons. The normalized spacial score (nSPS) is 13.6. The molecule has 0 saturated heterocycles. The first-order valence-electron chi connectivity index (χ1n) is 21.7. The molecule has 3 nitrogen and oxygen atoms in total. The van der Waals surface area contributed by atoms with Crippen LogP contribution in [0.4, 0.5) is 0 Å². The van der Waals surface area contributed by atoms with E-state index in [9.17, 15) is 0 Å². The van der Waals surface area contributed by atoms with Gasteiger partial charge in [0, 0.05) is 50.3 Å². The second-order valence-electron chi connectivity index (χ2n) is 16.4. The van der Waals surface area contributed by atoms with Gasteiger partial charge in [0.2, 0.25) is 0 Å². The van der Waals surface area contributed by atoms with Crippen LogP contribution < -0.4 is 5.19 Å². The van der Waals surface area contributed by atoms with Gasteiger partial charge in [0.1, 0.15) is 5.58 Å². The first kappa shape index (κ1) is 35.2. The Morgan fingerprint density at radius 3 is 2.12 bits per heavy atom. The van der Waals surface area contributed by atoms with Crippen LogP contribution in [0.25, 0.3) is 55.6 Å². The molecule has 5 heteroatoms.